The Bertz CT molecular complexity index is 2150. The minimum absolute atomic E-state index is 0.0586. The molecular weight excluding hydrogens is 703 g/mol. The van der Waals surface area contributed by atoms with Gasteiger partial charge in [0.1, 0.15) is 12.2 Å². The first-order valence-electron chi connectivity index (χ1n) is 18.6. The van der Waals surface area contributed by atoms with E-state index in [4.69, 9.17) is 16.6 Å². The second kappa shape index (κ2) is 12.7. The van der Waals surface area contributed by atoms with E-state index in [0.29, 0.717) is 29.6 Å². The van der Waals surface area contributed by atoms with Gasteiger partial charge in [0, 0.05) is 28.9 Å². The number of imidazole rings is 1. The molecule has 2 aliphatic heterocycles. The summed E-state index contributed by atoms with van der Waals surface area (Å²) in [5.74, 6) is -3.23. The molecule has 13 heteroatoms. The lowest BCUT2D eigenvalue weighted by atomic mass is 9.71. The maximum absolute atomic E-state index is 15.6. The first-order valence-corrected chi connectivity index (χ1v) is 19.0. The quantitative estimate of drug-likeness (QED) is 0.167. The molecule has 53 heavy (non-hydrogen) atoms. The van der Waals surface area contributed by atoms with Crippen LogP contribution in [-0.4, -0.2) is 68.1 Å². The van der Waals surface area contributed by atoms with Crippen molar-refractivity contribution in [2.45, 2.75) is 108 Å². The van der Waals surface area contributed by atoms with E-state index in [9.17, 15) is 14.0 Å². The summed E-state index contributed by atoms with van der Waals surface area (Å²) in [4.78, 5) is 41.4. The zero-order chi connectivity index (χ0) is 37.6. The van der Waals surface area contributed by atoms with E-state index in [-0.39, 0.29) is 40.6 Å². The molecule has 2 amide bonds. The summed E-state index contributed by atoms with van der Waals surface area (Å²) in [7, 11) is 0. The van der Waals surface area contributed by atoms with Gasteiger partial charge in [-0.15, -0.1) is 0 Å². The van der Waals surface area contributed by atoms with Crippen molar-refractivity contribution in [2.75, 3.05) is 30.0 Å². The zero-order valence-electron chi connectivity index (χ0n) is 30.8. The number of likely N-dealkylation sites (tertiary alicyclic amines) is 1. The van der Waals surface area contributed by atoms with Crippen LogP contribution in [0.4, 0.5) is 30.4 Å². The number of piperidine rings is 1. The van der Waals surface area contributed by atoms with Crippen molar-refractivity contribution in [1.82, 2.24) is 24.8 Å². The largest absolute Gasteiger partial charge is 0.344 e. The Hall–Kier alpha value is -4.16. The highest BCUT2D eigenvalue weighted by atomic mass is 35.5. The number of nitrogens with one attached hydrogen (secondary N) is 2. The topological polar surface area (TPSA) is 95.4 Å². The zero-order valence-corrected chi connectivity index (χ0v) is 31.5. The molecule has 4 aliphatic rings. The molecule has 9 nitrogen and oxygen atoms in total. The van der Waals surface area contributed by atoms with Crippen LogP contribution in [0.3, 0.4) is 0 Å². The molecular formula is C40H45ClF3N7O2. The van der Waals surface area contributed by atoms with E-state index in [1.165, 1.54) is 19.3 Å². The first kappa shape index (κ1) is 35.8. The third kappa shape index (κ3) is 5.87. The number of halogens is 4. The van der Waals surface area contributed by atoms with E-state index >= 15 is 8.78 Å². The Morgan fingerprint density at radius 1 is 1.04 bits per heavy atom. The number of carbonyl (C=O) groups excluding carboxylic acids is 2. The third-order valence-corrected chi connectivity index (χ3v) is 12.4. The highest BCUT2D eigenvalue weighted by molar-refractivity contribution is 6.34. The van der Waals surface area contributed by atoms with E-state index in [1.807, 2.05) is 61.4 Å². The van der Waals surface area contributed by atoms with Gasteiger partial charge in [0.25, 0.3) is 5.91 Å². The van der Waals surface area contributed by atoms with Crippen molar-refractivity contribution in [3.63, 3.8) is 0 Å². The Morgan fingerprint density at radius 2 is 1.75 bits per heavy atom. The molecule has 2 N–H and O–H groups in total. The van der Waals surface area contributed by atoms with Gasteiger partial charge in [-0.25, -0.2) is 23.1 Å². The predicted octanol–water partition coefficient (Wildman–Crippen LogP) is 8.62. The maximum Gasteiger partial charge on any atom is 0.253 e. The minimum Gasteiger partial charge on any atom is -0.344 e. The number of fused-ring (bicyclic) bond motifs is 2. The molecule has 4 aromatic rings. The molecule has 4 heterocycles. The van der Waals surface area contributed by atoms with E-state index in [2.05, 4.69) is 27.4 Å². The van der Waals surface area contributed by atoms with Gasteiger partial charge in [-0.3, -0.25) is 14.5 Å². The first-order chi connectivity index (χ1) is 25.2. The smallest absolute Gasteiger partial charge is 0.253 e. The SMILES string of the molecule is CC(C)n1cnc2cc(-c3ccc4c(c3)N(C3CC(C)(N5CCCCC5)C3)C(=O)C4(C)C)nc(Nc3cc(C(=O)NC4(CF)CC4)c(Cl)c(F)c3F)c21. The van der Waals surface area contributed by atoms with Crippen molar-refractivity contribution in [2.24, 2.45) is 0 Å². The summed E-state index contributed by atoms with van der Waals surface area (Å²) < 4.78 is 46.4. The van der Waals surface area contributed by atoms with Crippen molar-refractivity contribution < 1.29 is 22.8 Å². The lowest BCUT2D eigenvalue weighted by molar-refractivity contribution is -0.123. The Kier molecular flexibility index (Phi) is 8.60. The number of anilines is 3. The number of pyridine rings is 1. The number of aromatic nitrogens is 3. The molecule has 1 saturated heterocycles. The summed E-state index contributed by atoms with van der Waals surface area (Å²) >= 11 is 6.13. The molecule has 2 aromatic heterocycles. The fourth-order valence-electron chi connectivity index (χ4n) is 8.56. The van der Waals surface area contributed by atoms with E-state index in [0.717, 1.165) is 48.8 Å². The molecule has 0 atom stereocenters. The van der Waals surface area contributed by atoms with Gasteiger partial charge in [-0.1, -0.05) is 30.2 Å². The predicted molar refractivity (Wildman–Crippen MR) is 201 cm³/mol. The summed E-state index contributed by atoms with van der Waals surface area (Å²) in [5, 5.41) is 4.85. The summed E-state index contributed by atoms with van der Waals surface area (Å²) in [6.45, 7) is 11.6. The van der Waals surface area contributed by atoms with Crippen LogP contribution in [0, 0.1) is 11.6 Å². The molecule has 2 aromatic carbocycles. The lowest BCUT2D eigenvalue weighted by Crippen LogP contribution is -2.64. The average Bonchev–Trinajstić information content (AvgIpc) is 3.71. The monoisotopic (exact) mass is 747 g/mol. The van der Waals surface area contributed by atoms with E-state index in [1.54, 1.807) is 6.33 Å². The van der Waals surface area contributed by atoms with Crippen LogP contribution in [0.1, 0.15) is 102 Å². The number of benzene rings is 2. The van der Waals surface area contributed by atoms with Crippen LogP contribution in [0.2, 0.25) is 5.02 Å². The number of nitrogens with zero attached hydrogens (tertiary/aromatic N) is 5. The van der Waals surface area contributed by atoms with Gasteiger partial charge >= 0.3 is 0 Å². The molecule has 8 rings (SSSR count). The van der Waals surface area contributed by atoms with Crippen molar-refractivity contribution in [3.8, 4) is 11.3 Å². The highest BCUT2D eigenvalue weighted by Crippen LogP contribution is 2.51. The lowest BCUT2D eigenvalue weighted by Gasteiger charge is -2.55. The number of carbonyl (C=O) groups is 2. The van der Waals surface area contributed by atoms with Crippen molar-refractivity contribution in [3.05, 3.63) is 64.4 Å². The highest BCUT2D eigenvalue weighted by Gasteiger charge is 2.54. The second-order valence-electron chi connectivity index (χ2n) is 16.5. The molecule has 2 aliphatic carbocycles. The van der Waals surface area contributed by atoms with Crippen molar-refractivity contribution >= 4 is 51.6 Å². The average molecular weight is 748 g/mol. The maximum atomic E-state index is 15.6. The fraction of sp³-hybridized carbons (Fsp3) is 0.500. The van der Waals surface area contributed by atoms with Crippen LogP contribution in [-0.2, 0) is 10.2 Å². The van der Waals surface area contributed by atoms with Gasteiger partial charge in [-0.2, -0.15) is 0 Å². The number of amides is 2. The summed E-state index contributed by atoms with van der Waals surface area (Å²) in [6, 6.07) is 8.90. The standard InChI is InChI=1S/C40H45ClF3N7O2/c1-22(2)50-21-45-29-17-27(46-35(34(29)50)47-28-16-25(31(41)33(44)32(28)43)36(52)48-40(20-42)11-12-40)23-9-10-26-30(15-23)51(37(53)38(26,3)4)24-18-39(5,19-24)49-13-7-6-8-14-49/h9-10,15-17,21-22,24H,6-8,11-14,18-20H2,1-5H3,(H,46,47)(H,48,52). The van der Waals surface area contributed by atoms with Crippen LogP contribution in [0.25, 0.3) is 22.3 Å². The molecule has 0 radical (unpaired) electrons. The molecule has 0 spiro atoms. The molecule has 3 fully saturated rings. The fourth-order valence-corrected chi connectivity index (χ4v) is 8.79. The minimum atomic E-state index is -1.41. The van der Waals surface area contributed by atoms with Crippen LogP contribution >= 0.6 is 11.6 Å². The molecule has 0 bridgehead atoms. The van der Waals surface area contributed by atoms with Crippen molar-refractivity contribution in [1.29, 1.82) is 0 Å². The second-order valence-corrected chi connectivity index (χ2v) is 16.9. The Labute approximate surface area is 312 Å². The van der Waals surface area contributed by atoms with Crippen LogP contribution in [0.15, 0.2) is 36.7 Å². The van der Waals surface area contributed by atoms with Crippen LogP contribution in [0.5, 0.6) is 0 Å². The van der Waals surface area contributed by atoms with E-state index < -0.39 is 40.2 Å². The summed E-state index contributed by atoms with van der Waals surface area (Å²) in [6.07, 6.45) is 8.05. The van der Waals surface area contributed by atoms with Crippen LogP contribution < -0.4 is 15.5 Å². The van der Waals surface area contributed by atoms with Gasteiger partial charge in [-0.05, 0) is 110 Å². The molecule has 2 saturated carbocycles. The Balaban J connectivity index is 1.17. The number of rotatable bonds is 9. The number of hydrogen-bond donors (Lipinski definition) is 2. The van der Waals surface area contributed by atoms with Gasteiger partial charge in [0.15, 0.2) is 17.5 Å². The third-order valence-electron chi connectivity index (χ3n) is 12.1. The number of alkyl halides is 1. The normalized spacial score (nSPS) is 23.3. The molecule has 280 valence electrons. The molecule has 0 unspecified atom stereocenters. The van der Waals surface area contributed by atoms with Gasteiger partial charge in [0.2, 0.25) is 5.91 Å². The number of hydrogen-bond acceptors (Lipinski definition) is 6. The van der Waals surface area contributed by atoms with Gasteiger partial charge < -0.3 is 20.1 Å². The Morgan fingerprint density at radius 3 is 2.42 bits per heavy atom. The summed E-state index contributed by atoms with van der Waals surface area (Å²) in [5.41, 5.74) is 1.82. The van der Waals surface area contributed by atoms with Gasteiger partial charge in [0.05, 0.1) is 44.8 Å².